The Labute approximate surface area is 116 Å². The van der Waals surface area contributed by atoms with Gasteiger partial charge >= 0.3 is 0 Å². The van der Waals surface area contributed by atoms with Crippen LogP contribution in [0.1, 0.15) is 49.9 Å². The minimum absolute atomic E-state index is 0.815. The van der Waals surface area contributed by atoms with Gasteiger partial charge in [-0.1, -0.05) is 32.1 Å². The highest BCUT2D eigenvalue weighted by molar-refractivity contribution is 5.56. The number of hydrogen-bond acceptors (Lipinski definition) is 4. The van der Waals surface area contributed by atoms with Crippen LogP contribution in [-0.2, 0) is 0 Å². The van der Waals surface area contributed by atoms with Gasteiger partial charge < -0.3 is 10.6 Å². The number of aromatic nitrogens is 2. The van der Waals surface area contributed by atoms with Crippen LogP contribution in [0.5, 0.6) is 0 Å². The summed E-state index contributed by atoms with van der Waals surface area (Å²) in [6.07, 6.45) is 8.34. The summed E-state index contributed by atoms with van der Waals surface area (Å²) in [5.74, 6) is 3.63. The Morgan fingerprint density at radius 1 is 1.05 bits per heavy atom. The van der Waals surface area contributed by atoms with E-state index in [2.05, 4.69) is 27.5 Å². The van der Waals surface area contributed by atoms with Crippen LogP contribution in [0.25, 0.3) is 0 Å². The summed E-state index contributed by atoms with van der Waals surface area (Å²) < 4.78 is 0. The van der Waals surface area contributed by atoms with Crippen LogP contribution in [0.4, 0.5) is 11.6 Å². The molecule has 19 heavy (non-hydrogen) atoms. The third kappa shape index (κ3) is 3.82. The maximum absolute atomic E-state index is 4.50. The molecule has 1 aromatic rings. The normalized spacial score (nSPS) is 16.4. The first kappa shape index (κ1) is 14.1. The van der Waals surface area contributed by atoms with Crippen molar-refractivity contribution in [1.82, 2.24) is 9.97 Å². The van der Waals surface area contributed by atoms with E-state index in [-0.39, 0.29) is 0 Å². The molecule has 0 aromatic carbocycles. The molecule has 1 saturated carbocycles. The second kappa shape index (κ2) is 6.73. The van der Waals surface area contributed by atoms with Crippen molar-refractivity contribution in [3.63, 3.8) is 0 Å². The van der Waals surface area contributed by atoms with E-state index >= 15 is 0 Å². The van der Waals surface area contributed by atoms with Crippen LogP contribution in [0, 0.1) is 19.8 Å². The van der Waals surface area contributed by atoms with Gasteiger partial charge in [0.1, 0.15) is 17.5 Å². The number of nitrogens with zero attached hydrogens (tertiary/aromatic N) is 2. The summed E-state index contributed by atoms with van der Waals surface area (Å²) in [5, 5.41) is 6.61. The van der Waals surface area contributed by atoms with E-state index in [0.29, 0.717) is 0 Å². The molecule has 2 rings (SSSR count). The van der Waals surface area contributed by atoms with Crippen LogP contribution >= 0.6 is 0 Å². The molecule has 0 atom stereocenters. The van der Waals surface area contributed by atoms with Gasteiger partial charge in [-0.2, -0.15) is 0 Å². The van der Waals surface area contributed by atoms with Gasteiger partial charge in [0.15, 0.2) is 0 Å². The monoisotopic (exact) mass is 262 g/mol. The molecular weight excluding hydrogens is 236 g/mol. The van der Waals surface area contributed by atoms with Crippen molar-refractivity contribution in [2.75, 3.05) is 24.2 Å². The molecule has 1 aromatic heterocycles. The fourth-order valence-electron chi connectivity index (χ4n) is 2.91. The van der Waals surface area contributed by atoms with E-state index < -0.39 is 0 Å². The van der Waals surface area contributed by atoms with Crippen LogP contribution < -0.4 is 10.6 Å². The molecule has 1 aliphatic carbocycles. The summed E-state index contributed by atoms with van der Waals surface area (Å²) in [6.45, 7) is 5.02. The molecule has 0 spiro atoms. The summed E-state index contributed by atoms with van der Waals surface area (Å²) >= 11 is 0. The highest BCUT2D eigenvalue weighted by atomic mass is 15.1. The molecular formula is C15H26N4. The minimum Gasteiger partial charge on any atom is -0.373 e. The van der Waals surface area contributed by atoms with E-state index in [1.807, 2.05) is 14.0 Å². The summed E-state index contributed by atoms with van der Waals surface area (Å²) in [6, 6.07) is 0. The predicted molar refractivity (Wildman–Crippen MR) is 80.7 cm³/mol. The summed E-state index contributed by atoms with van der Waals surface area (Å²) in [7, 11) is 1.90. The van der Waals surface area contributed by atoms with Crippen LogP contribution in [0.2, 0.25) is 0 Å². The van der Waals surface area contributed by atoms with Crippen LogP contribution in [0.3, 0.4) is 0 Å². The van der Waals surface area contributed by atoms with Crippen molar-refractivity contribution < 1.29 is 0 Å². The highest BCUT2D eigenvalue weighted by Gasteiger charge is 2.13. The highest BCUT2D eigenvalue weighted by Crippen LogP contribution is 2.26. The lowest BCUT2D eigenvalue weighted by Gasteiger charge is -2.22. The Bertz CT molecular complexity index is 411. The summed E-state index contributed by atoms with van der Waals surface area (Å²) in [5.41, 5.74) is 1.11. The first-order valence-corrected chi connectivity index (χ1v) is 7.47. The van der Waals surface area contributed by atoms with Gasteiger partial charge in [0.2, 0.25) is 0 Å². The lowest BCUT2D eigenvalue weighted by molar-refractivity contribution is 0.345. The molecule has 0 saturated heterocycles. The van der Waals surface area contributed by atoms with E-state index in [9.17, 15) is 0 Å². The molecule has 0 radical (unpaired) electrons. The number of aryl methyl sites for hydroxylation is 1. The lowest BCUT2D eigenvalue weighted by Crippen LogP contribution is -2.14. The van der Waals surface area contributed by atoms with Gasteiger partial charge in [-0.05, 0) is 26.2 Å². The molecule has 0 aliphatic heterocycles. The molecule has 2 N–H and O–H groups in total. The van der Waals surface area contributed by atoms with Gasteiger partial charge in [0.05, 0.1) is 0 Å². The SMILES string of the molecule is CNc1nc(C)nc(NCCC2CCCCC2)c1C. The molecule has 0 unspecified atom stereocenters. The standard InChI is InChI=1S/C15H26N4/c1-11-14(16-3)18-12(2)19-15(11)17-10-9-13-7-5-4-6-8-13/h13H,4-10H2,1-3H3,(H2,16,17,18,19). The zero-order valence-corrected chi connectivity index (χ0v) is 12.4. The van der Waals surface area contributed by atoms with E-state index in [0.717, 1.165) is 35.5 Å². The number of nitrogens with one attached hydrogen (secondary N) is 2. The first-order chi connectivity index (χ1) is 9.20. The molecule has 1 heterocycles. The second-order valence-electron chi connectivity index (χ2n) is 5.56. The minimum atomic E-state index is 0.815. The van der Waals surface area contributed by atoms with E-state index in [1.165, 1.54) is 38.5 Å². The molecule has 0 amide bonds. The van der Waals surface area contributed by atoms with Crippen molar-refractivity contribution in [3.05, 3.63) is 11.4 Å². The lowest BCUT2D eigenvalue weighted by atomic mass is 9.87. The Morgan fingerprint density at radius 2 is 1.74 bits per heavy atom. The van der Waals surface area contributed by atoms with E-state index in [1.54, 1.807) is 0 Å². The summed E-state index contributed by atoms with van der Waals surface area (Å²) in [4.78, 5) is 8.89. The first-order valence-electron chi connectivity index (χ1n) is 7.47. The second-order valence-corrected chi connectivity index (χ2v) is 5.56. The molecule has 0 bridgehead atoms. The molecule has 106 valence electrons. The predicted octanol–water partition coefficient (Wildman–Crippen LogP) is 3.52. The van der Waals surface area contributed by atoms with Crippen molar-refractivity contribution in [3.8, 4) is 0 Å². The third-order valence-electron chi connectivity index (χ3n) is 4.06. The van der Waals surface area contributed by atoms with Gasteiger partial charge in [-0.15, -0.1) is 0 Å². The number of anilines is 2. The molecule has 4 heteroatoms. The Morgan fingerprint density at radius 3 is 2.42 bits per heavy atom. The Hall–Kier alpha value is -1.32. The quantitative estimate of drug-likeness (QED) is 0.852. The Kier molecular flexibility index (Phi) is 5.00. The van der Waals surface area contributed by atoms with Crippen molar-refractivity contribution in [2.45, 2.75) is 52.4 Å². The molecule has 1 aliphatic rings. The van der Waals surface area contributed by atoms with Gasteiger partial charge in [0, 0.05) is 19.2 Å². The average Bonchev–Trinajstić information content (AvgIpc) is 2.43. The maximum Gasteiger partial charge on any atom is 0.134 e. The van der Waals surface area contributed by atoms with Gasteiger partial charge in [-0.3, -0.25) is 0 Å². The van der Waals surface area contributed by atoms with Crippen molar-refractivity contribution in [2.24, 2.45) is 5.92 Å². The third-order valence-corrected chi connectivity index (χ3v) is 4.06. The van der Waals surface area contributed by atoms with Crippen LogP contribution in [-0.4, -0.2) is 23.6 Å². The largest absolute Gasteiger partial charge is 0.373 e. The molecule has 1 fully saturated rings. The molecule has 4 nitrogen and oxygen atoms in total. The average molecular weight is 262 g/mol. The fourth-order valence-corrected chi connectivity index (χ4v) is 2.91. The number of rotatable bonds is 5. The van der Waals surface area contributed by atoms with Gasteiger partial charge in [0.25, 0.3) is 0 Å². The zero-order valence-electron chi connectivity index (χ0n) is 12.4. The smallest absolute Gasteiger partial charge is 0.134 e. The van der Waals surface area contributed by atoms with Gasteiger partial charge in [-0.25, -0.2) is 9.97 Å². The maximum atomic E-state index is 4.50. The van der Waals surface area contributed by atoms with E-state index in [4.69, 9.17) is 0 Å². The van der Waals surface area contributed by atoms with Crippen molar-refractivity contribution in [1.29, 1.82) is 0 Å². The number of hydrogen-bond donors (Lipinski definition) is 2. The zero-order chi connectivity index (χ0) is 13.7. The fraction of sp³-hybridized carbons (Fsp3) is 0.733. The van der Waals surface area contributed by atoms with Crippen LogP contribution in [0.15, 0.2) is 0 Å². The van der Waals surface area contributed by atoms with Crippen molar-refractivity contribution >= 4 is 11.6 Å². The Balaban J connectivity index is 1.89. The topological polar surface area (TPSA) is 49.8 Å².